The van der Waals surface area contributed by atoms with Crippen LogP contribution in [-0.4, -0.2) is 30.7 Å². The van der Waals surface area contributed by atoms with Crippen LogP contribution in [0.4, 0.5) is 0 Å². The Hall–Kier alpha value is -1.97. The lowest BCUT2D eigenvalue weighted by Crippen LogP contribution is -2.31. The van der Waals surface area contributed by atoms with Crippen LogP contribution in [0, 0.1) is 0 Å². The molecule has 0 fully saturated rings. The molecule has 1 amide bonds. The molecule has 0 bridgehead atoms. The van der Waals surface area contributed by atoms with Crippen molar-refractivity contribution in [1.82, 2.24) is 4.90 Å². The molecule has 1 aliphatic heterocycles. The topological polar surface area (TPSA) is 38.8 Å². The predicted octanol–water partition coefficient (Wildman–Crippen LogP) is 3.86. The highest BCUT2D eigenvalue weighted by Gasteiger charge is 2.13. The smallest absolute Gasteiger partial charge is 0.246 e. The summed E-state index contributed by atoms with van der Waals surface area (Å²) in [6.07, 6.45) is 7.79. The van der Waals surface area contributed by atoms with Gasteiger partial charge in [-0.2, -0.15) is 0 Å². The van der Waals surface area contributed by atoms with Crippen molar-refractivity contribution < 1.29 is 14.3 Å². The molecule has 0 N–H and O–H groups in total. The van der Waals surface area contributed by atoms with Gasteiger partial charge in [0.2, 0.25) is 12.7 Å². The van der Waals surface area contributed by atoms with Crippen LogP contribution < -0.4 is 9.47 Å². The van der Waals surface area contributed by atoms with Crippen LogP contribution in [0.3, 0.4) is 0 Å². The molecule has 1 heterocycles. The van der Waals surface area contributed by atoms with Crippen molar-refractivity contribution in [3.8, 4) is 11.5 Å². The number of benzene rings is 1. The average Bonchev–Trinajstić information content (AvgIpc) is 3.00. The predicted molar refractivity (Wildman–Crippen MR) is 88.0 cm³/mol. The molecule has 0 aliphatic carbocycles. The van der Waals surface area contributed by atoms with Gasteiger partial charge in [-0.15, -0.1) is 0 Å². The van der Waals surface area contributed by atoms with E-state index in [4.69, 9.17) is 9.47 Å². The standard InChI is InChI=1S/C18H25NO3/c1-3-5-11-19(12-6-4-2)18(20)10-8-15-7-9-16-17(13-15)22-14-21-16/h7-10,13H,3-6,11-12,14H2,1-2H3/b10-8+. The highest BCUT2D eigenvalue weighted by molar-refractivity contribution is 5.91. The third-order valence-corrected chi connectivity index (χ3v) is 3.69. The number of fused-ring (bicyclic) bond motifs is 1. The Morgan fingerprint density at radius 2 is 1.82 bits per heavy atom. The summed E-state index contributed by atoms with van der Waals surface area (Å²) in [5, 5.41) is 0. The fourth-order valence-corrected chi connectivity index (χ4v) is 2.32. The number of unbranched alkanes of at least 4 members (excludes halogenated alkanes) is 2. The molecular weight excluding hydrogens is 278 g/mol. The quantitative estimate of drug-likeness (QED) is 0.685. The summed E-state index contributed by atoms with van der Waals surface area (Å²) >= 11 is 0. The van der Waals surface area contributed by atoms with Crippen molar-refractivity contribution in [2.45, 2.75) is 39.5 Å². The van der Waals surface area contributed by atoms with Gasteiger partial charge < -0.3 is 14.4 Å². The van der Waals surface area contributed by atoms with E-state index >= 15 is 0 Å². The molecule has 0 saturated heterocycles. The minimum absolute atomic E-state index is 0.0829. The third-order valence-electron chi connectivity index (χ3n) is 3.69. The molecule has 2 rings (SSSR count). The Bertz CT molecular complexity index is 517. The Balaban J connectivity index is 1.98. The van der Waals surface area contributed by atoms with Gasteiger partial charge in [-0.3, -0.25) is 4.79 Å². The monoisotopic (exact) mass is 303 g/mol. The van der Waals surface area contributed by atoms with E-state index in [9.17, 15) is 4.79 Å². The molecule has 4 heteroatoms. The van der Waals surface area contributed by atoms with Crippen LogP contribution in [0.1, 0.15) is 45.1 Å². The number of ether oxygens (including phenoxy) is 2. The maximum absolute atomic E-state index is 12.3. The van der Waals surface area contributed by atoms with Gasteiger partial charge in [-0.1, -0.05) is 32.8 Å². The van der Waals surface area contributed by atoms with Crippen LogP contribution >= 0.6 is 0 Å². The summed E-state index contributed by atoms with van der Waals surface area (Å²) in [7, 11) is 0. The van der Waals surface area contributed by atoms with E-state index in [1.54, 1.807) is 6.08 Å². The zero-order chi connectivity index (χ0) is 15.8. The normalized spacial score (nSPS) is 12.8. The summed E-state index contributed by atoms with van der Waals surface area (Å²) in [6, 6.07) is 5.70. The Kier molecular flexibility index (Phi) is 6.31. The summed E-state index contributed by atoms with van der Waals surface area (Å²) in [5.74, 6) is 1.58. The largest absolute Gasteiger partial charge is 0.454 e. The fourth-order valence-electron chi connectivity index (χ4n) is 2.32. The number of amides is 1. The molecule has 1 aromatic carbocycles. The van der Waals surface area contributed by atoms with Crippen molar-refractivity contribution in [2.75, 3.05) is 19.9 Å². The molecule has 0 saturated carbocycles. The number of nitrogens with zero attached hydrogens (tertiary/aromatic N) is 1. The Morgan fingerprint density at radius 1 is 1.14 bits per heavy atom. The fraction of sp³-hybridized carbons (Fsp3) is 0.500. The van der Waals surface area contributed by atoms with Crippen LogP contribution in [0.25, 0.3) is 6.08 Å². The van der Waals surface area contributed by atoms with E-state index in [1.807, 2.05) is 29.2 Å². The Morgan fingerprint density at radius 3 is 2.50 bits per heavy atom. The number of hydrogen-bond donors (Lipinski definition) is 0. The van der Waals surface area contributed by atoms with Crippen LogP contribution in [0.5, 0.6) is 11.5 Å². The van der Waals surface area contributed by atoms with Crippen LogP contribution in [0.15, 0.2) is 24.3 Å². The lowest BCUT2D eigenvalue weighted by Gasteiger charge is -2.20. The Labute approximate surface area is 132 Å². The van der Waals surface area contributed by atoms with E-state index in [2.05, 4.69) is 13.8 Å². The first kappa shape index (κ1) is 16.4. The van der Waals surface area contributed by atoms with Crippen molar-refractivity contribution in [3.63, 3.8) is 0 Å². The number of rotatable bonds is 8. The molecule has 0 unspecified atom stereocenters. The van der Waals surface area contributed by atoms with Gasteiger partial charge in [0.25, 0.3) is 0 Å². The second-order valence-electron chi connectivity index (χ2n) is 5.48. The average molecular weight is 303 g/mol. The van der Waals surface area contributed by atoms with Gasteiger partial charge in [0, 0.05) is 19.2 Å². The molecule has 1 aliphatic rings. The highest BCUT2D eigenvalue weighted by atomic mass is 16.7. The molecule has 0 spiro atoms. The molecule has 0 radical (unpaired) electrons. The first-order valence-corrected chi connectivity index (χ1v) is 8.11. The summed E-state index contributed by atoms with van der Waals surface area (Å²) in [5.41, 5.74) is 0.948. The first-order chi connectivity index (χ1) is 10.7. The van der Waals surface area contributed by atoms with E-state index in [0.717, 1.165) is 55.8 Å². The second-order valence-corrected chi connectivity index (χ2v) is 5.48. The number of carbonyl (C=O) groups excluding carboxylic acids is 1. The number of carbonyl (C=O) groups is 1. The maximum Gasteiger partial charge on any atom is 0.246 e. The highest BCUT2D eigenvalue weighted by Crippen LogP contribution is 2.32. The van der Waals surface area contributed by atoms with E-state index < -0.39 is 0 Å². The minimum atomic E-state index is 0.0829. The van der Waals surface area contributed by atoms with Gasteiger partial charge in [-0.05, 0) is 36.6 Å². The van der Waals surface area contributed by atoms with E-state index in [-0.39, 0.29) is 12.7 Å². The van der Waals surface area contributed by atoms with Gasteiger partial charge in [0.15, 0.2) is 11.5 Å². The minimum Gasteiger partial charge on any atom is -0.454 e. The molecule has 4 nitrogen and oxygen atoms in total. The van der Waals surface area contributed by atoms with Crippen LogP contribution in [0.2, 0.25) is 0 Å². The van der Waals surface area contributed by atoms with E-state index in [1.165, 1.54) is 0 Å². The molecular formula is C18H25NO3. The molecule has 22 heavy (non-hydrogen) atoms. The summed E-state index contributed by atoms with van der Waals surface area (Å²) in [6.45, 7) is 6.22. The van der Waals surface area contributed by atoms with Gasteiger partial charge >= 0.3 is 0 Å². The summed E-state index contributed by atoms with van der Waals surface area (Å²) < 4.78 is 10.6. The lowest BCUT2D eigenvalue weighted by molar-refractivity contribution is -0.126. The lowest BCUT2D eigenvalue weighted by atomic mass is 10.2. The molecule has 1 aromatic rings. The van der Waals surface area contributed by atoms with Crippen molar-refractivity contribution in [2.24, 2.45) is 0 Å². The molecule has 0 aromatic heterocycles. The SMILES string of the molecule is CCCCN(CCCC)C(=O)/C=C/c1ccc2c(c1)OCO2. The zero-order valence-corrected chi connectivity index (χ0v) is 13.5. The van der Waals surface area contributed by atoms with Crippen molar-refractivity contribution >= 4 is 12.0 Å². The van der Waals surface area contributed by atoms with Crippen molar-refractivity contribution in [1.29, 1.82) is 0 Å². The van der Waals surface area contributed by atoms with Crippen molar-refractivity contribution in [3.05, 3.63) is 29.8 Å². The third kappa shape index (κ3) is 4.52. The molecule has 0 atom stereocenters. The maximum atomic E-state index is 12.3. The number of hydrogen-bond acceptors (Lipinski definition) is 3. The van der Waals surface area contributed by atoms with Gasteiger partial charge in [0.05, 0.1) is 0 Å². The molecule has 120 valence electrons. The zero-order valence-electron chi connectivity index (χ0n) is 13.5. The van der Waals surface area contributed by atoms with Crippen LogP contribution in [-0.2, 0) is 4.79 Å². The van der Waals surface area contributed by atoms with E-state index in [0.29, 0.717) is 0 Å². The second kappa shape index (κ2) is 8.47. The summed E-state index contributed by atoms with van der Waals surface area (Å²) in [4.78, 5) is 14.3. The van der Waals surface area contributed by atoms with Gasteiger partial charge in [-0.25, -0.2) is 0 Å². The first-order valence-electron chi connectivity index (χ1n) is 8.11. The van der Waals surface area contributed by atoms with Gasteiger partial charge in [0.1, 0.15) is 0 Å².